The lowest BCUT2D eigenvalue weighted by molar-refractivity contribution is 0.462. The van der Waals surface area contributed by atoms with Gasteiger partial charge in [0.1, 0.15) is 5.75 Å². The molecule has 0 atom stereocenters. The Morgan fingerprint density at radius 3 is 2.56 bits per heavy atom. The van der Waals surface area contributed by atoms with Crippen molar-refractivity contribution in [3.05, 3.63) is 57.9 Å². The van der Waals surface area contributed by atoms with Crippen LogP contribution in [0.5, 0.6) is 5.75 Å². The molecule has 2 aromatic carbocycles. The second-order valence-corrected chi connectivity index (χ2v) is 5.46. The molecule has 0 amide bonds. The Balaban J connectivity index is 2.37. The summed E-state index contributed by atoms with van der Waals surface area (Å²) in [6.45, 7) is 6.98. The average molecular weight is 296 g/mol. The number of benzene rings is 2. The van der Waals surface area contributed by atoms with Crippen molar-refractivity contribution in [1.82, 2.24) is 0 Å². The van der Waals surface area contributed by atoms with E-state index in [2.05, 4.69) is 4.85 Å². The first-order valence-electron chi connectivity index (χ1n) is 4.93. The van der Waals surface area contributed by atoms with Crippen LogP contribution in [0, 0.1) is 6.57 Å². The molecule has 0 aromatic heterocycles. The largest absolute Gasteiger partial charge is 0.507 e. The Bertz CT molecular complexity index is 637. The first-order valence-corrected chi connectivity index (χ1v) is 6.50. The molecule has 1 N–H and O–H groups in total. The standard InChI is InChI=1S/C13H7Cl2NOS/c1-16-10-4-9(15)5-11(7-10)18-13-6-8(14)2-3-12(13)17/h2-7,17H. The molecule has 0 aliphatic carbocycles. The van der Waals surface area contributed by atoms with Gasteiger partial charge in [0.25, 0.3) is 0 Å². The second kappa shape index (κ2) is 5.53. The summed E-state index contributed by atoms with van der Waals surface area (Å²) in [6.07, 6.45) is 0. The highest BCUT2D eigenvalue weighted by Gasteiger charge is 2.06. The lowest BCUT2D eigenvalue weighted by Gasteiger charge is -2.06. The number of aromatic hydroxyl groups is 1. The molecule has 0 spiro atoms. The van der Waals surface area contributed by atoms with Gasteiger partial charge in [-0.2, -0.15) is 0 Å². The maximum absolute atomic E-state index is 9.72. The molecule has 2 aromatic rings. The van der Waals surface area contributed by atoms with E-state index >= 15 is 0 Å². The summed E-state index contributed by atoms with van der Waals surface area (Å²) >= 11 is 13.1. The van der Waals surface area contributed by atoms with Crippen molar-refractivity contribution in [1.29, 1.82) is 0 Å². The summed E-state index contributed by atoms with van der Waals surface area (Å²) in [5.41, 5.74) is 0.464. The van der Waals surface area contributed by atoms with Crippen molar-refractivity contribution in [2.75, 3.05) is 0 Å². The number of halogens is 2. The zero-order chi connectivity index (χ0) is 13.1. The van der Waals surface area contributed by atoms with Gasteiger partial charge in [0.05, 0.1) is 11.5 Å². The van der Waals surface area contributed by atoms with Gasteiger partial charge in [-0.25, -0.2) is 4.85 Å². The van der Waals surface area contributed by atoms with E-state index in [0.717, 1.165) is 4.90 Å². The molecule has 0 aliphatic rings. The van der Waals surface area contributed by atoms with Crippen LogP contribution in [0.25, 0.3) is 4.85 Å². The Kier molecular flexibility index (Phi) is 4.03. The molecule has 0 aliphatic heterocycles. The molecule has 0 bridgehead atoms. The molecule has 0 saturated heterocycles. The third-order valence-electron chi connectivity index (χ3n) is 2.13. The van der Waals surface area contributed by atoms with Gasteiger partial charge in [-0.3, -0.25) is 0 Å². The molecule has 2 rings (SSSR count). The maximum atomic E-state index is 9.72. The third-order valence-corrected chi connectivity index (χ3v) is 3.61. The van der Waals surface area contributed by atoms with Gasteiger partial charge in [-0.15, -0.1) is 0 Å². The number of hydrogen-bond acceptors (Lipinski definition) is 2. The van der Waals surface area contributed by atoms with Crippen LogP contribution < -0.4 is 0 Å². The minimum absolute atomic E-state index is 0.147. The summed E-state index contributed by atoms with van der Waals surface area (Å²) < 4.78 is 0. The van der Waals surface area contributed by atoms with Gasteiger partial charge >= 0.3 is 0 Å². The highest BCUT2D eigenvalue weighted by molar-refractivity contribution is 7.99. The molecular weight excluding hydrogens is 289 g/mol. The monoisotopic (exact) mass is 295 g/mol. The van der Waals surface area contributed by atoms with Crippen LogP contribution in [0.4, 0.5) is 5.69 Å². The fourth-order valence-electron chi connectivity index (χ4n) is 1.37. The molecule has 0 fully saturated rings. The quantitative estimate of drug-likeness (QED) is 0.750. The topological polar surface area (TPSA) is 24.6 Å². The minimum atomic E-state index is 0.147. The minimum Gasteiger partial charge on any atom is -0.507 e. The van der Waals surface area contributed by atoms with E-state index in [9.17, 15) is 5.11 Å². The number of nitrogens with zero attached hydrogens (tertiary/aromatic N) is 1. The zero-order valence-corrected chi connectivity index (χ0v) is 11.4. The van der Waals surface area contributed by atoms with Crippen molar-refractivity contribution in [3.63, 3.8) is 0 Å². The van der Waals surface area contributed by atoms with Gasteiger partial charge in [0.2, 0.25) is 0 Å². The van der Waals surface area contributed by atoms with Crippen molar-refractivity contribution in [3.8, 4) is 5.75 Å². The first-order chi connectivity index (χ1) is 8.58. The Morgan fingerprint density at radius 1 is 1.06 bits per heavy atom. The summed E-state index contributed by atoms with van der Waals surface area (Å²) in [5, 5.41) is 10.8. The summed E-state index contributed by atoms with van der Waals surface area (Å²) in [4.78, 5) is 4.75. The van der Waals surface area contributed by atoms with Crippen molar-refractivity contribution in [2.24, 2.45) is 0 Å². The average Bonchev–Trinajstić information content (AvgIpc) is 2.33. The molecule has 0 unspecified atom stereocenters. The van der Waals surface area contributed by atoms with E-state index in [-0.39, 0.29) is 5.75 Å². The fraction of sp³-hybridized carbons (Fsp3) is 0. The second-order valence-electron chi connectivity index (χ2n) is 3.47. The van der Waals surface area contributed by atoms with Crippen molar-refractivity contribution >= 4 is 40.7 Å². The van der Waals surface area contributed by atoms with Crippen LogP contribution in [0.15, 0.2) is 46.2 Å². The lowest BCUT2D eigenvalue weighted by Crippen LogP contribution is -1.77. The molecule has 0 heterocycles. The predicted molar refractivity (Wildman–Crippen MR) is 75.0 cm³/mol. The molecule has 2 nitrogen and oxygen atoms in total. The predicted octanol–water partition coefficient (Wildman–Crippen LogP) is 5.40. The third kappa shape index (κ3) is 3.11. The van der Waals surface area contributed by atoms with E-state index < -0.39 is 0 Å². The van der Waals surface area contributed by atoms with Gasteiger partial charge in [0, 0.05) is 14.9 Å². The molecule has 90 valence electrons. The summed E-state index contributed by atoms with van der Waals surface area (Å²) in [6, 6.07) is 9.86. The smallest absolute Gasteiger partial charge is 0.189 e. The van der Waals surface area contributed by atoms with Gasteiger partial charge < -0.3 is 5.11 Å². The van der Waals surface area contributed by atoms with Crippen LogP contribution in [0.2, 0.25) is 10.0 Å². The van der Waals surface area contributed by atoms with Crippen molar-refractivity contribution < 1.29 is 5.11 Å². The molecule has 0 radical (unpaired) electrons. The van der Waals surface area contributed by atoms with E-state index in [4.69, 9.17) is 29.8 Å². The Hall–Kier alpha value is -1.34. The number of rotatable bonds is 2. The number of phenolic OH excluding ortho intramolecular Hbond substituents is 1. The first kappa shape index (κ1) is 13.1. The molecule has 18 heavy (non-hydrogen) atoms. The van der Waals surface area contributed by atoms with E-state index in [1.54, 1.807) is 30.3 Å². The number of phenols is 1. The van der Waals surface area contributed by atoms with Crippen LogP contribution >= 0.6 is 35.0 Å². The fourth-order valence-corrected chi connectivity index (χ4v) is 2.88. The molecular formula is C13H7Cl2NOS. The van der Waals surface area contributed by atoms with E-state index in [1.807, 2.05) is 0 Å². The summed E-state index contributed by atoms with van der Waals surface area (Å²) in [7, 11) is 0. The van der Waals surface area contributed by atoms with Crippen molar-refractivity contribution in [2.45, 2.75) is 9.79 Å². The van der Waals surface area contributed by atoms with Crippen LogP contribution in [0.1, 0.15) is 0 Å². The van der Waals surface area contributed by atoms with Gasteiger partial charge in [-0.1, -0.05) is 35.0 Å². The molecule has 0 saturated carbocycles. The Morgan fingerprint density at radius 2 is 1.83 bits per heavy atom. The SMILES string of the molecule is [C-]#[N+]c1cc(Cl)cc(Sc2cc(Cl)ccc2O)c1. The lowest BCUT2D eigenvalue weighted by atomic mass is 10.3. The van der Waals surface area contributed by atoms with E-state index in [1.165, 1.54) is 17.8 Å². The highest BCUT2D eigenvalue weighted by atomic mass is 35.5. The highest BCUT2D eigenvalue weighted by Crippen LogP contribution is 2.38. The van der Waals surface area contributed by atoms with Crippen LogP contribution in [-0.2, 0) is 0 Å². The summed E-state index contributed by atoms with van der Waals surface area (Å²) in [5.74, 6) is 0.147. The molecule has 5 heteroatoms. The van der Waals surface area contributed by atoms with Crippen LogP contribution in [0.3, 0.4) is 0 Å². The van der Waals surface area contributed by atoms with E-state index in [0.29, 0.717) is 20.6 Å². The normalized spacial score (nSPS) is 10.1. The maximum Gasteiger partial charge on any atom is 0.189 e. The zero-order valence-electron chi connectivity index (χ0n) is 9.02. The van der Waals surface area contributed by atoms with Gasteiger partial charge in [0.15, 0.2) is 5.69 Å². The van der Waals surface area contributed by atoms with Crippen LogP contribution in [-0.4, -0.2) is 5.11 Å². The Labute approximate surface area is 119 Å². The van der Waals surface area contributed by atoms with Gasteiger partial charge in [-0.05, 0) is 36.4 Å². The number of hydrogen-bond donors (Lipinski definition) is 1.